The van der Waals surface area contributed by atoms with Gasteiger partial charge in [0.25, 0.3) is 11.5 Å². The molecule has 126 valence electrons. The third-order valence-electron chi connectivity index (χ3n) is 6.13. The summed E-state index contributed by atoms with van der Waals surface area (Å²) in [6.07, 6.45) is 6.53. The maximum absolute atomic E-state index is 12.6. The van der Waals surface area contributed by atoms with E-state index in [1.54, 1.807) is 17.7 Å². The minimum Gasteiger partial charge on any atom is -0.352 e. The lowest BCUT2D eigenvalue weighted by Gasteiger charge is -2.19. The van der Waals surface area contributed by atoms with Crippen LogP contribution in [-0.4, -0.2) is 17.0 Å². The number of hydrogen-bond acceptors (Lipinski definition) is 2. The number of hydrogen-bond donors (Lipinski definition) is 1. The van der Waals surface area contributed by atoms with Crippen LogP contribution < -0.4 is 10.9 Å². The van der Waals surface area contributed by atoms with Crippen LogP contribution in [0.4, 0.5) is 0 Å². The van der Waals surface area contributed by atoms with Crippen LogP contribution in [0.2, 0.25) is 0 Å². The molecular formula is C20H24N2O2. The van der Waals surface area contributed by atoms with Crippen molar-refractivity contribution in [2.24, 2.45) is 24.8 Å². The van der Waals surface area contributed by atoms with Gasteiger partial charge < -0.3 is 9.88 Å². The summed E-state index contributed by atoms with van der Waals surface area (Å²) in [7, 11) is 1.72. The van der Waals surface area contributed by atoms with Gasteiger partial charge in [0.1, 0.15) is 5.56 Å². The maximum Gasteiger partial charge on any atom is 0.263 e. The Kier molecular flexibility index (Phi) is 3.91. The number of aromatic nitrogens is 1. The summed E-state index contributed by atoms with van der Waals surface area (Å²) < 4.78 is 1.56. The molecule has 0 unspecified atom stereocenters. The summed E-state index contributed by atoms with van der Waals surface area (Å²) >= 11 is 0. The van der Waals surface area contributed by atoms with E-state index in [0.29, 0.717) is 12.5 Å². The molecule has 1 heterocycles. The van der Waals surface area contributed by atoms with Gasteiger partial charge in [0.05, 0.1) is 5.52 Å². The molecule has 4 heteroatoms. The number of carbonyl (C=O) groups is 1. The molecule has 2 saturated carbocycles. The Morgan fingerprint density at radius 1 is 1.21 bits per heavy atom. The smallest absolute Gasteiger partial charge is 0.263 e. The van der Waals surface area contributed by atoms with Crippen LogP contribution in [0.3, 0.4) is 0 Å². The first-order chi connectivity index (χ1) is 11.6. The normalized spacial score (nSPS) is 25.8. The Bertz CT molecular complexity index is 839. The molecule has 3 atom stereocenters. The van der Waals surface area contributed by atoms with E-state index >= 15 is 0 Å². The molecule has 4 nitrogen and oxygen atoms in total. The first kappa shape index (κ1) is 15.4. The highest BCUT2D eigenvalue weighted by atomic mass is 16.2. The molecule has 0 radical (unpaired) electrons. The van der Waals surface area contributed by atoms with Gasteiger partial charge in [-0.05, 0) is 54.5 Å². The van der Waals surface area contributed by atoms with Crippen molar-refractivity contribution in [3.63, 3.8) is 0 Å². The number of nitrogens with zero attached hydrogens (tertiary/aromatic N) is 1. The number of para-hydroxylation sites is 1. The fourth-order valence-corrected chi connectivity index (χ4v) is 4.84. The summed E-state index contributed by atoms with van der Waals surface area (Å²) in [6.45, 7) is 0.704. The number of nitrogens with one attached hydrogen (secondary N) is 1. The first-order valence-corrected chi connectivity index (χ1v) is 9.02. The molecule has 1 aromatic carbocycles. The third-order valence-corrected chi connectivity index (χ3v) is 6.13. The molecule has 2 aromatic rings. The van der Waals surface area contributed by atoms with Crippen molar-refractivity contribution in [2.75, 3.05) is 6.54 Å². The number of carbonyl (C=O) groups excluding carboxylic acids is 1. The van der Waals surface area contributed by atoms with Crippen molar-refractivity contribution in [2.45, 2.75) is 32.1 Å². The minimum atomic E-state index is -0.234. The average Bonchev–Trinajstić information content (AvgIpc) is 3.20. The fraction of sp³-hybridized carbons (Fsp3) is 0.500. The zero-order valence-electron chi connectivity index (χ0n) is 14.1. The van der Waals surface area contributed by atoms with Gasteiger partial charge in [-0.3, -0.25) is 9.59 Å². The van der Waals surface area contributed by atoms with E-state index in [1.807, 2.05) is 24.3 Å². The van der Waals surface area contributed by atoms with E-state index in [2.05, 4.69) is 5.32 Å². The van der Waals surface area contributed by atoms with E-state index in [9.17, 15) is 9.59 Å². The quantitative estimate of drug-likeness (QED) is 0.943. The van der Waals surface area contributed by atoms with Crippen LogP contribution in [0, 0.1) is 17.8 Å². The SMILES string of the molecule is Cn1c(=O)c(C(=O)NC[C@H]2CC[C@@H]3CCC[C@@H]32)cc2ccccc21. The van der Waals surface area contributed by atoms with Crippen molar-refractivity contribution in [3.8, 4) is 0 Å². The van der Waals surface area contributed by atoms with Crippen molar-refractivity contribution >= 4 is 16.8 Å². The van der Waals surface area contributed by atoms with Gasteiger partial charge in [0, 0.05) is 13.6 Å². The topological polar surface area (TPSA) is 51.1 Å². The molecule has 2 fully saturated rings. The van der Waals surface area contributed by atoms with Gasteiger partial charge in [-0.1, -0.05) is 31.0 Å². The highest BCUT2D eigenvalue weighted by molar-refractivity contribution is 5.97. The zero-order chi connectivity index (χ0) is 16.7. The van der Waals surface area contributed by atoms with Crippen molar-refractivity contribution in [1.82, 2.24) is 9.88 Å². The third kappa shape index (κ3) is 2.54. The summed E-state index contributed by atoms with van der Waals surface area (Å²) in [5, 5.41) is 3.95. The van der Waals surface area contributed by atoms with E-state index in [-0.39, 0.29) is 17.0 Å². The lowest BCUT2D eigenvalue weighted by atomic mass is 9.92. The Balaban J connectivity index is 1.53. The summed E-state index contributed by atoms with van der Waals surface area (Å²) in [6, 6.07) is 9.38. The van der Waals surface area contributed by atoms with Crippen molar-refractivity contribution in [3.05, 3.63) is 46.2 Å². The predicted octanol–water partition coefficient (Wildman–Crippen LogP) is 3.09. The average molecular weight is 324 g/mol. The fourth-order valence-electron chi connectivity index (χ4n) is 4.84. The van der Waals surface area contributed by atoms with Gasteiger partial charge in [0.15, 0.2) is 0 Å². The second kappa shape index (κ2) is 6.08. The maximum atomic E-state index is 12.6. The Morgan fingerprint density at radius 3 is 2.92 bits per heavy atom. The molecule has 1 aromatic heterocycles. The number of pyridine rings is 1. The van der Waals surface area contributed by atoms with Gasteiger partial charge in [0.2, 0.25) is 0 Å². The molecule has 0 aliphatic heterocycles. The van der Waals surface area contributed by atoms with Gasteiger partial charge >= 0.3 is 0 Å². The van der Waals surface area contributed by atoms with Crippen LogP contribution in [0.5, 0.6) is 0 Å². The lowest BCUT2D eigenvalue weighted by molar-refractivity contribution is 0.0941. The van der Waals surface area contributed by atoms with Crippen LogP contribution in [0.1, 0.15) is 42.5 Å². The molecule has 2 aliphatic carbocycles. The largest absolute Gasteiger partial charge is 0.352 e. The second-order valence-electron chi connectivity index (χ2n) is 7.38. The van der Waals surface area contributed by atoms with E-state index in [1.165, 1.54) is 32.1 Å². The standard InChI is InChI=1S/C20H24N2O2/c1-22-18-8-3-2-5-14(18)11-17(20(22)24)19(23)21-12-15-10-9-13-6-4-7-16(13)15/h2-3,5,8,11,13,15-16H,4,6-7,9-10,12H2,1H3,(H,21,23)/t13-,15+,16-/m0/s1. The highest BCUT2D eigenvalue weighted by Crippen LogP contribution is 2.47. The summed E-state index contributed by atoms with van der Waals surface area (Å²) in [5.41, 5.74) is 0.872. The number of aryl methyl sites for hydroxylation is 1. The van der Waals surface area contributed by atoms with Crippen molar-refractivity contribution < 1.29 is 4.79 Å². The molecule has 2 aliphatic rings. The molecule has 1 amide bonds. The first-order valence-electron chi connectivity index (χ1n) is 9.02. The number of fused-ring (bicyclic) bond motifs is 2. The summed E-state index contributed by atoms with van der Waals surface area (Å²) in [5.74, 6) is 2.01. The van der Waals surface area contributed by atoms with Crippen molar-refractivity contribution in [1.29, 1.82) is 0 Å². The number of rotatable bonds is 3. The Morgan fingerprint density at radius 2 is 2.04 bits per heavy atom. The van der Waals surface area contributed by atoms with E-state index in [0.717, 1.165) is 22.7 Å². The van der Waals surface area contributed by atoms with E-state index < -0.39 is 0 Å². The van der Waals surface area contributed by atoms with Crippen LogP contribution in [0.15, 0.2) is 35.1 Å². The van der Waals surface area contributed by atoms with Crippen LogP contribution >= 0.6 is 0 Å². The van der Waals surface area contributed by atoms with Gasteiger partial charge in [-0.2, -0.15) is 0 Å². The lowest BCUT2D eigenvalue weighted by Crippen LogP contribution is -2.35. The Labute approximate surface area is 141 Å². The Hall–Kier alpha value is -2.10. The monoisotopic (exact) mass is 324 g/mol. The van der Waals surface area contributed by atoms with Gasteiger partial charge in [-0.15, -0.1) is 0 Å². The second-order valence-corrected chi connectivity index (χ2v) is 7.38. The number of benzene rings is 1. The van der Waals surface area contributed by atoms with Crippen LogP contribution in [-0.2, 0) is 7.05 Å². The molecule has 0 spiro atoms. The minimum absolute atomic E-state index is 0.226. The van der Waals surface area contributed by atoms with Gasteiger partial charge in [-0.25, -0.2) is 0 Å². The molecule has 0 bridgehead atoms. The zero-order valence-corrected chi connectivity index (χ0v) is 14.1. The van der Waals surface area contributed by atoms with E-state index in [4.69, 9.17) is 0 Å². The molecule has 1 N–H and O–H groups in total. The molecule has 0 saturated heterocycles. The predicted molar refractivity (Wildman–Crippen MR) is 95.1 cm³/mol. The molecule has 24 heavy (non-hydrogen) atoms. The number of amides is 1. The highest BCUT2D eigenvalue weighted by Gasteiger charge is 2.38. The summed E-state index contributed by atoms with van der Waals surface area (Å²) in [4.78, 5) is 25.1. The molecular weight excluding hydrogens is 300 g/mol. The molecule has 4 rings (SSSR count). The van der Waals surface area contributed by atoms with Crippen LogP contribution in [0.25, 0.3) is 10.9 Å².